The van der Waals surface area contributed by atoms with E-state index in [1.54, 1.807) is 27.7 Å². The molecule has 0 aliphatic carbocycles. The molecular weight excluding hydrogens is 396 g/mol. The predicted molar refractivity (Wildman–Crippen MR) is 116 cm³/mol. The number of piperazine rings is 1. The Bertz CT molecular complexity index is 596. The largest absolute Gasteiger partial charge is 0.459 e. The Balaban J connectivity index is 2.39. The number of hydrogen-bond acceptors (Lipinski definition) is 8. The third kappa shape index (κ3) is 5.65. The normalized spacial score (nSPS) is 22.9. The first kappa shape index (κ1) is 23.1. The zero-order chi connectivity index (χ0) is 20.8. The molecule has 0 aromatic heterocycles. The summed E-state index contributed by atoms with van der Waals surface area (Å²) < 4.78 is 11.4. The lowest BCUT2D eigenvalue weighted by Gasteiger charge is -2.42. The topological polar surface area (TPSA) is 59.1 Å². The lowest BCUT2D eigenvalue weighted by Crippen LogP contribution is -2.55. The molecule has 156 valence electrons. The van der Waals surface area contributed by atoms with E-state index >= 15 is 0 Å². The molecule has 0 amide bonds. The van der Waals surface area contributed by atoms with Crippen molar-refractivity contribution >= 4 is 35.5 Å². The average Bonchev–Trinajstić information content (AvgIpc) is 3.01. The predicted octanol–water partition coefficient (Wildman–Crippen LogP) is 3.22. The van der Waals surface area contributed by atoms with Gasteiger partial charge in [0.25, 0.3) is 0 Å². The standard InChI is InChI=1S/C20H30N2O4S2/c1-7-9-21-11-12-22(10-8-2)17-16(21)27-20(28-17)15(18(23)25-13(3)4)19(24)26-14(5)6/h7-8,13-14,16-17H,1-2,9-12H2,3-6H3. The lowest BCUT2D eigenvalue weighted by molar-refractivity contribution is -0.150. The smallest absolute Gasteiger partial charge is 0.347 e. The summed E-state index contributed by atoms with van der Waals surface area (Å²) in [7, 11) is 0. The molecule has 0 aromatic carbocycles. The molecule has 0 aromatic rings. The van der Waals surface area contributed by atoms with E-state index in [4.69, 9.17) is 9.47 Å². The number of nitrogens with zero attached hydrogens (tertiary/aromatic N) is 2. The summed E-state index contributed by atoms with van der Waals surface area (Å²) in [5, 5.41) is 0.223. The van der Waals surface area contributed by atoms with Gasteiger partial charge in [0, 0.05) is 26.2 Å². The van der Waals surface area contributed by atoms with E-state index < -0.39 is 11.9 Å². The van der Waals surface area contributed by atoms with E-state index in [1.807, 2.05) is 12.2 Å². The van der Waals surface area contributed by atoms with Gasteiger partial charge in [0.15, 0.2) is 5.57 Å². The van der Waals surface area contributed by atoms with Gasteiger partial charge in [-0.25, -0.2) is 9.59 Å². The van der Waals surface area contributed by atoms with Crippen LogP contribution in [0.1, 0.15) is 27.7 Å². The van der Waals surface area contributed by atoms with Gasteiger partial charge < -0.3 is 9.47 Å². The van der Waals surface area contributed by atoms with Gasteiger partial charge in [-0.1, -0.05) is 35.7 Å². The van der Waals surface area contributed by atoms with E-state index in [2.05, 4.69) is 23.0 Å². The van der Waals surface area contributed by atoms with Gasteiger partial charge >= 0.3 is 11.9 Å². The summed E-state index contributed by atoms with van der Waals surface area (Å²) in [5.41, 5.74) is 0.00362. The van der Waals surface area contributed by atoms with Crippen LogP contribution in [0, 0.1) is 0 Å². The van der Waals surface area contributed by atoms with Crippen molar-refractivity contribution in [2.24, 2.45) is 0 Å². The Hall–Kier alpha value is -1.22. The van der Waals surface area contributed by atoms with Crippen molar-refractivity contribution in [2.75, 3.05) is 26.2 Å². The number of rotatable bonds is 8. The van der Waals surface area contributed by atoms with Crippen LogP contribution in [-0.2, 0) is 19.1 Å². The summed E-state index contributed by atoms with van der Waals surface area (Å²) in [6.07, 6.45) is 3.13. The van der Waals surface area contributed by atoms with Crippen LogP contribution >= 0.6 is 23.5 Å². The highest BCUT2D eigenvalue weighted by Gasteiger charge is 2.45. The van der Waals surface area contributed by atoms with Crippen LogP contribution in [0.5, 0.6) is 0 Å². The third-order valence-corrected chi connectivity index (χ3v) is 7.30. The van der Waals surface area contributed by atoms with Gasteiger partial charge in [-0.3, -0.25) is 9.80 Å². The number of ether oxygens (including phenoxy) is 2. The van der Waals surface area contributed by atoms with Crippen molar-refractivity contribution in [1.82, 2.24) is 9.80 Å². The molecule has 2 unspecified atom stereocenters. The number of hydrogen-bond donors (Lipinski definition) is 0. The van der Waals surface area contributed by atoms with E-state index in [1.165, 1.54) is 23.5 Å². The molecule has 2 atom stereocenters. The van der Waals surface area contributed by atoms with Crippen molar-refractivity contribution < 1.29 is 19.1 Å². The van der Waals surface area contributed by atoms with Crippen LogP contribution < -0.4 is 0 Å². The molecule has 2 rings (SSSR count). The number of esters is 2. The summed E-state index contributed by atoms with van der Waals surface area (Å²) >= 11 is 3.07. The fourth-order valence-electron chi connectivity index (χ4n) is 3.02. The first-order valence-electron chi connectivity index (χ1n) is 9.47. The number of carbonyl (C=O) groups excluding carboxylic acids is 2. The Morgan fingerprint density at radius 2 is 1.36 bits per heavy atom. The maximum atomic E-state index is 12.7. The molecule has 0 spiro atoms. The van der Waals surface area contributed by atoms with Crippen LogP contribution in [0.2, 0.25) is 0 Å². The molecule has 2 saturated heterocycles. The second kappa shape index (κ2) is 10.5. The van der Waals surface area contributed by atoms with Crippen LogP contribution in [0.3, 0.4) is 0 Å². The summed E-state index contributed by atoms with van der Waals surface area (Å²) in [6.45, 7) is 18.1. The van der Waals surface area contributed by atoms with Gasteiger partial charge in [-0.2, -0.15) is 0 Å². The Labute approximate surface area is 176 Å². The van der Waals surface area contributed by atoms with Gasteiger partial charge in [-0.15, -0.1) is 13.2 Å². The minimum absolute atomic E-state index is 0.00362. The molecule has 0 saturated carbocycles. The first-order chi connectivity index (χ1) is 13.3. The second-order valence-corrected chi connectivity index (χ2v) is 9.67. The average molecular weight is 427 g/mol. The fraction of sp³-hybridized carbons (Fsp3) is 0.600. The van der Waals surface area contributed by atoms with E-state index in [0.29, 0.717) is 4.24 Å². The van der Waals surface area contributed by atoms with Crippen LogP contribution in [0.25, 0.3) is 0 Å². The maximum Gasteiger partial charge on any atom is 0.347 e. The van der Waals surface area contributed by atoms with Crippen LogP contribution in [0.4, 0.5) is 0 Å². The lowest BCUT2D eigenvalue weighted by atomic mass is 10.3. The minimum Gasteiger partial charge on any atom is -0.459 e. The van der Waals surface area contributed by atoms with Crippen molar-refractivity contribution in [1.29, 1.82) is 0 Å². The third-order valence-electron chi connectivity index (χ3n) is 4.12. The number of fused-ring (bicyclic) bond motifs is 1. The van der Waals surface area contributed by atoms with Crippen molar-refractivity contribution in [3.8, 4) is 0 Å². The van der Waals surface area contributed by atoms with E-state index in [-0.39, 0.29) is 28.5 Å². The highest BCUT2D eigenvalue weighted by molar-refractivity contribution is 8.26. The number of thioether (sulfide) groups is 2. The van der Waals surface area contributed by atoms with Gasteiger partial charge in [-0.05, 0) is 27.7 Å². The highest BCUT2D eigenvalue weighted by Crippen LogP contribution is 2.52. The van der Waals surface area contributed by atoms with Gasteiger partial charge in [0.2, 0.25) is 0 Å². The molecule has 0 radical (unpaired) electrons. The second-order valence-electron chi connectivity index (χ2n) is 7.15. The molecule has 2 aliphatic heterocycles. The molecule has 8 heteroatoms. The van der Waals surface area contributed by atoms with E-state index in [9.17, 15) is 9.59 Å². The van der Waals surface area contributed by atoms with Gasteiger partial charge in [0.1, 0.15) is 0 Å². The Morgan fingerprint density at radius 3 is 1.68 bits per heavy atom. The van der Waals surface area contributed by atoms with Crippen molar-refractivity contribution in [3.63, 3.8) is 0 Å². The molecule has 2 heterocycles. The molecular formula is C20H30N2O4S2. The fourth-order valence-corrected chi connectivity index (χ4v) is 6.43. The van der Waals surface area contributed by atoms with E-state index in [0.717, 1.165) is 26.2 Å². The Morgan fingerprint density at radius 1 is 0.964 bits per heavy atom. The summed E-state index contributed by atoms with van der Waals surface area (Å²) in [5.74, 6) is -1.25. The van der Waals surface area contributed by atoms with Crippen molar-refractivity contribution in [3.05, 3.63) is 35.1 Å². The molecule has 2 aliphatic rings. The first-order valence-corrected chi connectivity index (χ1v) is 11.2. The van der Waals surface area contributed by atoms with Crippen molar-refractivity contribution in [2.45, 2.75) is 50.7 Å². The summed E-state index contributed by atoms with van der Waals surface area (Å²) in [6, 6.07) is 0. The number of carbonyl (C=O) groups is 2. The Kier molecular flexibility index (Phi) is 8.67. The van der Waals surface area contributed by atoms with Crippen LogP contribution in [-0.4, -0.2) is 70.9 Å². The molecule has 0 bridgehead atoms. The highest BCUT2D eigenvalue weighted by atomic mass is 32.2. The molecule has 2 fully saturated rings. The zero-order valence-corrected chi connectivity index (χ0v) is 18.7. The maximum absolute atomic E-state index is 12.7. The molecule has 28 heavy (non-hydrogen) atoms. The van der Waals surface area contributed by atoms with Gasteiger partial charge in [0.05, 0.1) is 27.2 Å². The zero-order valence-electron chi connectivity index (χ0n) is 17.1. The molecule has 6 nitrogen and oxygen atoms in total. The monoisotopic (exact) mass is 426 g/mol. The SMILES string of the molecule is C=CCN1CCN(CC=C)C2SC(=C(C(=O)OC(C)C)C(=O)OC(C)C)SC21. The van der Waals surface area contributed by atoms with Crippen LogP contribution in [0.15, 0.2) is 35.1 Å². The summed E-state index contributed by atoms with van der Waals surface area (Å²) in [4.78, 5) is 30.1. The minimum atomic E-state index is -0.625. The quantitative estimate of drug-likeness (QED) is 0.193. The molecule has 0 N–H and O–H groups in total.